The second-order valence-electron chi connectivity index (χ2n) is 8.86. The first kappa shape index (κ1) is 19.2. The van der Waals surface area contributed by atoms with Crippen molar-refractivity contribution in [2.45, 2.75) is 18.8 Å². The Hall–Kier alpha value is -3.50. The third kappa shape index (κ3) is 3.37. The normalized spacial score (nSPS) is 15.5. The van der Waals surface area contributed by atoms with Gasteiger partial charge in [0.05, 0.1) is 17.4 Å². The Morgan fingerprint density at radius 3 is 2.53 bits per heavy atom. The lowest BCUT2D eigenvalue weighted by atomic mass is 9.89. The summed E-state index contributed by atoms with van der Waals surface area (Å²) in [7, 11) is 2.22. The van der Waals surface area contributed by atoms with Crippen molar-refractivity contribution in [1.29, 1.82) is 0 Å². The Balaban J connectivity index is 1.33. The fraction of sp³-hybridized carbons (Fsp3) is 0.214. The van der Waals surface area contributed by atoms with Gasteiger partial charge in [-0.3, -0.25) is 9.38 Å². The van der Waals surface area contributed by atoms with Gasteiger partial charge in [-0.1, -0.05) is 42.5 Å². The summed E-state index contributed by atoms with van der Waals surface area (Å²) in [5.74, 6) is 0.688. The predicted octanol–water partition coefficient (Wildman–Crippen LogP) is 6.03. The first-order chi connectivity index (χ1) is 15.8. The highest BCUT2D eigenvalue weighted by molar-refractivity contribution is 5.94. The second-order valence-corrected chi connectivity index (χ2v) is 8.86. The van der Waals surface area contributed by atoms with Crippen molar-refractivity contribution in [3.05, 3.63) is 90.9 Å². The van der Waals surface area contributed by atoms with E-state index in [1.165, 1.54) is 42.6 Å². The van der Waals surface area contributed by atoms with Gasteiger partial charge in [-0.15, -0.1) is 0 Å². The van der Waals surface area contributed by atoms with Crippen LogP contribution in [0.15, 0.2) is 85.3 Å². The van der Waals surface area contributed by atoms with Crippen molar-refractivity contribution < 1.29 is 0 Å². The van der Waals surface area contributed by atoms with E-state index in [4.69, 9.17) is 4.98 Å². The lowest BCUT2D eigenvalue weighted by Crippen LogP contribution is -2.29. The van der Waals surface area contributed by atoms with Gasteiger partial charge in [0.15, 0.2) is 0 Å². The van der Waals surface area contributed by atoms with Crippen LogP contribution in [-0.2, 0) is 0 Å². The van der Waals surface area contributed by atoms with E-state index < -0.39 is 0 Å². The van der Waals surface area contributed by atoms with Crippen LogP contribution in [0.1, 0.15) is 24.3 Å². The maximum atomic E-state index is 4.72. The number of aromatic nitrogens is 3. The number of piperidine rings is 1. The molecule has 0 bridgehead atoms. The summed E-state index contributed by atoms with van der Waals surface area (Å²) in [5, 5.41) is 1.14. The molecule has 2 aromatic carbocycles. The molecule has 4 nitrogen and oxygen atoms in total. The summed E-state index contributed by atoms with van der Waals surface area (Å²) in [4.78, 5) is 11.6. The van der Waals surface area contributed by atoms with Crippen molar-refractivity contribution in [3.8, 4) is 22.4 Å². The molecule has 3 aromatic heterocycles. The quantitative estimate of drug-likeness (QED) is 0.359. The molecule has 1 aliphatic heterocycles. The van der Waals surface area contributed by atoms with Gasteiger partial charge < -0.3 is 4.90 Å². The number of pyridine rings is 2. The molecular weight excluding hydrogens is 392 g/mol. The van der Waals surface area contributed by atoms with E-state index in [-0.39, 0.29) is 0 Å². The summed E-state index contributed by atoms with van der Waals surface area (Å²) >= 11 is 0. The van der Waals surface area contributed by atoms with Gasteiger partial charge in [-0.05, 0) is 79.9 Å². The zero-order valence-corrected chi connectivity index (χ0v) is 18.3. The average Bonchev–Trinajstić information content (AvgIpc) is 3.27. The molecule has 0 amide bonds. The van der Waals surface area contributed by atoms with Gasteiger partial charge in [-0.25, -0.2) is 4.98 Å². The Bertz CT molecular complexity index is 1390. The minimum atomic E-state index is 0.688. The Morgan fingerprint density at radius 2 is 1.69 bits per heavy atom. The number of benzene rings is 2. The molecule has 0 atom stereocenters. The van der Waals surface area contributed by atoms with Crippen LogP contribution in [-0.4, -0.2) is 39.4 Å². The van der Waals surface area contributed by atoms with Gasteiger partial charge in [0.1, 0.15) is 5.65 Å². The lowest BCUT2D eigenvalue weighted by molar-refractivity contribution is 0.255. The molecule has 1 aliphatic rings. The fourth-order valence-corrected chi connectivity index (χ4v) is 4.98. The summed E-state index contributed by atoms with van der Waals surface area (Å²) in [6, 6.07) is 23.9. The number of fused-ring (bicyclic) bond motifs is 2. The topological polar surface area (TPSA) is 33.4 Å². The highest BCUT2D eigenvalue weighted by atomic mass is 15.1. The molecule has 5 aromatic rings. The van der Waals surface area contributed by atoms with Gasteiger partial charge in [0.2, 0.25) is 0 Å². The van der Waals surface area contributed by atoms with E-state index >= 15 is 0 Å². The van der Waals surface area contributed by atoms with Crippen LogP contribution in [0.2, 0.25) is 0 Å². The molecule has 0 spiro atoms. The number of hydrogen-bond acceptors (Lipinski definition) is 3. The predicted molar refractivity (Wildman–Crippen MR) is 131 cm³/mol. The smallest absolute Gasteiger partial charge is 0.137 e. The standard InChI is InChI=1S/C28H26N4/c1-31-15-11-22(12-16-31)20-7-9-21(10-8-20)23-13-17-32-27(19-30-28(32)18-23)25-4-2-6-26-24(25)5-3-14-29-26/h2-10,13-14,17-19,22H,11-12,15-16H2,1H3. The minimum absolute atomic E-state index is 0.688. The first-order valence-corrected chi connectivity index (χ1v) is 11.4. The molecule has 0 radical (unpaired) electrons. The molecule has 0 aliphatic carbocycles. The highest BCUT2D eigenvalue weighted by Crippen LogP contribution is 2.32. The van der Waals surface area contributed by atoms with E-state index in [9.17, 15) is 0 Å². The zero-order valence-electron chi connectivity index (χ0n) is 18.3. The molecule has 1 fully saturated rings. The third-order valence-electron chi connectivity index (χ3n) is 6.87. The van der Waals surface area contributed by atoms with Crippen molar-refractivity contribution >= 4 is 16.6 Å². The highest BCUT2D eigenvalue weighted by Gasteiger charge is 2.18. The molecule has 4 heterocycles. The summed E-state index contributed by atoms with van der Waals surface area (Å²) < 4.78 is 2.16. The van der Waals surface area contributed by atoms with E-state index in [0.29, 0.717) is 5.92 Å². The number of hydrogen-bond donors (Lipinski definition) is 0. The molecule has 4 heteroatoms. The maximum absolute atomic E-state index is 4.72. The van der Waals surface area contributed by atoms with Crippen LogP contribution in [0.4, 0.5) is 0 Å². The minimum Gasteiger partial charge on any atom is -0.306 e. The van der Waals surface area contributed by atoms with Crippen LogP contribution in [0.5, 0.6) is 0 Å². The van der Waals surface area contributed by atoms with Gasteiger partial charge in [-0.2, -0.15) is 0 Å². The molecular formula is C28H26N4. The van der Waals surface area contributed by atoms with Crippen molar-refractivity contribution in [2.75, 3.05) is 20.1 Å². The Morgan fingerprint density at radius 1 is 0.844 bits per heavy atom. The lowest BCUT2D eigenvalue weighted by Gasteiger charge is -2.29. The van der Waals surface area contributed by atoms with E-state index in [2.05, 4.69) is 88.2 Å². The summed E-state index contributed by atoms with van der Waals surface area (Å²) in [5.41, 5.74) is 8.10. The Kier molecular flexibility index (Phi) is 4.73. The van der Waals surface area contributed by atoms with Crippen LogP contribution in [0.3, 0.4) is 0 Å². The van der Waals surface area contributed by atoms with Crippen molar-refractivity contribution in [2.24, 2.45) is 0 Å². The monoisotopic (exact) mass is 418 g/mol. The Labute approximate surface area is 188 Å². The number of rotatable bonds is 3. The first-order valence-electron chi connectivity index (χ1n) is 11.4. The molecule has 0 unspecified atom stereocenters. The van der Waals surface area contributed by atoms with Crippen LogP contribution >= 0.6 is 0 Å². The van der Waals surface area contributed by atoms with Crippen molar-refractivity contribution in [1.82, 2.24) is 19.3 Å². The third-order valence-corrected chi connectivity index (χ3v) is 6.87. The zero-order chi connectivity index (χ0) is 21.5. The van der Waals surface area contributed by atoms with Crippen LogP contribution in [0, 0.1) is 0 Å². The van der Waals surface area contributed by atoms with Gasteiger partial charge in [0, 0.05) is 23.3 Å². The number of nitrogens with zero attached hydrogens (tertiary/aromatic N) is 4. The SMILES string of the molecule is CN1CCC(c2ccc(-c3ccn4c(-c5cccc6ncccc56)cnc4c3)cc2)CC1. The number of likely N-dealkylation sites (tertiary alicyclic amines) is 1. The molecule has 0 N–H and O–H groups in total. The van der Waals surface area contributed by atoms with Crippen molar-refractivity contribution in [3.63, 3.8) is 0 Å². The van der Waals surface area contributed by atoms with E-state index in [1.54, 1.807) is 0 Å². The molecule has 32 heavy (non-hydrogen) atoms. The molecule has 1 saturated heterocycles. The van der Waals surface area contributed by atoms with Crippen LogP contribution in [0.25, 0.3) is 38.9 Å². The molecule has 0 saturated carbocycles. The average molecular weight is 419 g/mol. The van der Waals surface area contributed by atoms with Crippen LogP contribution < -0.4 is 0 Å². The van der Waals surface area contributed by atoms with E-state index in [0.717, 1.165) is 27.8 Å². The fourth-order valence-electron chi connectivity index (χ4n) is 4.98. The summed E-state index contributed by atoms with van der Waals surface area (Å²) in [6.45, 7) is 2.39. The molecule has 158 valence electrons. The van der Waals surface area contributed by atoms with Gasteiger partial charge in [0.25, 0.3) is 0 Å². The molecule has 6 rings (SSSR count). The van der Waals surface area contributed by atoms with E-state index in [1.807, 2.05) is 18.5 Å². The second kappa shape index (κ2) is 7.88. The number of imidazole rings is 1. The summed E-state index contributed by atoms with van der Waals surface area (Å²) in [6.07, 6.45) is 8.44. The van der Waals surface area contributed by atoms with Gasteiger partial charge >= 0.3 is 0 Å². The largest absolute Gasteiger partial charge is 0.306 e. The maximum Gasteiger partial charge on any atom is 0.137 e.